The van der Waals surface area contributed by atoms with Gasteiger partial charge in [0.25, 0.3) is 0 Å². The Morgan fingerprint density at radius 2 is 1.12 bits per heavy atom. The molecule has 0 aromatic rings. The summed E-state index contributed by atoms with van der Waals surface area (Å²) in [7, 11) is 0. The van der Waals surface area contributed by atoms with Crippen LogP contribution >= 0.6 is 0 Å². The van der Waals surface area contributed by atoms with E-state index in [1.165, 1.54) is 35.4 Å². The summed E-state index contributed by atoms with van der Waals surface area (Å²) in [6, 6.07) is 0. The zero-order chi connectivity index (χ0) is 15.4. The van der Waals surface area contributed by atoms with Crippen LogP contribution in [0.25, 0.3) is 0 Å². The van der Waals surface area contributed by atoms with Gasteiger partial charge in [-0.25, -0.2) is 0 Å². The average molecular weight is 453 g/mol. The second kappa shape index (κ2) is 11.8. The van der Waals surface area contributed by atoms with E-state index >= 15 is 0 Å². The zero-order valence-electron chi connectivity index (χ0n) is 14.6. The van der Waals surface area contributed by atoms with Gasteiger partial charge in [0.05, 0.1) is 11.4 Å². The minimum absolute atomic E-state index is 0. The molecule has 0 aromatic carbocycles. The minimum atomic E-state index is 0. The minimum Gasteiger partial charge on any atom is -1.00 e. The van der Waals surface area contributed by atoms with E-state index in [1.807, 2.05) is 12.2 Å². The topological polar surface area (TPSA) is 24.7 Å². The smallest absolute Gasteiger partial charge is 1.00 e. The predicted molar refractivity (Wildman–Crippen MR) is 95.3 cm³/mol. The van der Waals surface area contributed by atoms with E-state index in [2.05, 4.69) is 60.3 Å². The number of halogens is 2. The molecule has 0 fully saturated rings. The van der Waals surface area contributed by atoms with E-state index in [1.54, 1.807) is 0 Å². The van der Waals surface area contributed by atoms with Crippen LogP contribution in [0.2, 0.25) is 0 Å². The first-order chi connectivity index (χ1) is 10.8. The van der Waals surface area contributed by atoms with Crippen LogP contribution in [0.5, 0.6) is 0 Å². The first-order valence-electron chi connectivity index (χ1n) is 8.16. The van der Waals surface area contributed by atoms with Crippen molar-refractivity contribution in [1.29, 1.82) is 0 Å². The fraction of sp³-hybridized carbons (Fsp3) is 0.300. The van der Waals surface area contributed by atoms with Crippen molar-refractivity contribution < 1.29 is 51.0 Å². The number of nitrogens with zero attached hydrogens (tertiary/aromatic N) is 2. The Kier molecular flexibility index (Phi) is 11.4. The molecule has 0 unspecified atom stereocenters. The molecule has 0 spiro atoms. The summed E-state index contributed by atoms with van der Waals surface area (Å²) in [4.78, 5) is 8.92. The second-order valence-electron chi connectivity index (χ2n) is 5.73. The molecule has 25 heavy (non-hydrogen) atoms. The summed E-state index contributed by atoms with van der Waals surface area (Å²) in [6.07, 6.45) is 21.4. The van der Waals surface area contributed by atoms with Crippen molar-refractivity contribution in [3.05, 3.63) is 71.1 Å². The molecule has 2 nitrogen and oxygen atoms in total. The summed E-state index contributed by atoms with van der Waals surface area (Å²) in [6.45, 7) is 4.36. The SMILES string of the molecule is CCCC1=NC2=CC=CC2=C1.CCCC1=NC2=CC=CC2=C1.[Cl-].[Cl-].[Zr+2]. The average Bonchev–Trinajstić information content (AvgIpc) is 3.18. The Labute approximate surface area is 182 Å². The first-order valence-corrected chi connectivity index (χ1v) is 8.16. The van der Waals surface area contributed by atoms with Crippen LogP contribution in [-0.2, 0) is 26.2 Å². The van der Waals surface area contributed by atoms with Crippen LogP contribution in [0.3, 0.4) is 0 Å². The number of rotatable bonds is 4. The fourth-order valence-corrected chi connectivity index (χ4v) is 2.80. The normalized spacial score (nSPS) is 17.2. The second-order valence-corrected chi connectivity index (χ2v) is 5.73. The Morgan fingerprint density at radius 3 is 1.44 bits per heavy atom. The van der Waals surface area contributed by atoms with Gasteiger partial charge < -0.3 is 24.8 Å². The van der Waals surface area contributed by atoms with Gasteiger partial charge in [-0.2, -0.15) is 0 Å². The predicted octanol–water partition coefficient (Wildman–Crippen LogP) is -0.752. The van der Waals surface area contributed by atoms with Gasteiger partial charge in [0.15, 0.2) is 0 Å². The van der Waals surface area contributed by atoms with Crippen molar-refractivity contribution >= 4 is 11.4 Å². The van der Waals surface area contributed by atoms with Gasteiger partial charge in [-0.1, -0.05) is 51.0 Å². The van der Waals surface area contributed by atoms with Gasteiger partial charge in [-0.15, -0.1) is 0 Å². The fourth-order valence-electron chi connectivity index (χ4n) is 2.80. The van der Waals surface area contributed by atoms with Gasteiger partial charge >= 0.3 is 26.2 Å². The molecule has 0 N–H and O–H groups in total. The van der Waals surface area contributed by atoms with Crippen molar-refractivity contribution in [1.82, 2.24) is 0 Å². The summed E-state index contributed by atoms with van der Waals surface area (Å²) in [5, 5.41) is 0. The molecule has 5 heteroatoms. The molecular weight excluding hydrogens is 430 g/mol. The van der Waals surface area contributed by atoms with E-state index in [0.717, 1.165) is 24.2 Å². The maximum atomic E-state index is 4.46. The van der Waals surface area contributed by atoms with Crippen molar-refractivity contribution in [3.63, 3.8) is 0 Å². The summed E-state index contributed by atoms with van der Waals surface area (Å²) in [5.74, 6) is 0. The Balaban J connectivity index is 0.000000411. The van der Waals surface area contributed by atoms with Gasteiger partial charge in [0.2, 0.25) is 0 Å². The van der Waals surface area contributed by atoms with Gasteiger partial charge in [0.1, 0.15) is 0 Å². The number of fused-ring (bicyclic) bond motifs is 2. The van der Waals surface area contributed by atoms with E-state index in [4.69, 9.17) is 0 Å². The van der Waals surface area contributed by atoms with E-state index < -0.39 is 0 Å². The molecule has 0 amide bonds. The van der Waals surface area contributed by atoms with E-state index in [9.17, 15) is 0 Å². The van der Waals surface area contributed by atoms with Gasteiger partial charge in [-0.3, -0.25) is 9.98 Å². The molecule has 0 bridgehead atoms. The standard InChI is InChI=1S/2C10H11N.2ClH.Zr/c2*1-2-4-9-7-8-5-3-6-10(8)11-9;;;/h2*3,5-7H,2,4H2,1H3;2*1H;/q;;;;+2/p-2. The summed E-state index contributed by atoms with van der Waals surface area (Å²) >= 11 is 0. The molecule has 0 atom stereocenters. The van der Waals surface area contributed by atoms with Crippen LogP contribution in [0, 0.1) is 0 Å². The molecule has 4 aliphatic rings. The van der Waals surface area contributed by atoms with Crippen molar-refractivity contribution in [2.75, 3.05) is 0 Å². The molecule has 0 saturated heterocycles. The molecule has 2 aliphatic heterocycles. The molecule has 2 heterocycles. The first kappa shape index (κ1) is 24.2. The van der Waals surface area contributed by atoms with Crippen LogP contribution in [-0.4, -0.2) is 11.4 Å². The number of allylic oxidation sites excluding steroid dienone is 8. The molecule has 130 valence electrons. The third-order valence-corrected chi connectivity index (χ3v) is 3.84. The van der Waals surface area contributed by atoms with Crippen LogP contribution in [0.4, 0.5) is 0 Å². The maximum Gasteiger partial charge on any atom is 2.00 e. The van der Waals surface area contributed by atoms with Gasteiger partial charge in [-0.05, 0) is 37.1 Å². The summed E-state index contributed by atoms with van der Waals surface area (Å²) in [5.41, 5.74) is 7.33. The quantitative estimate of drug-likeness (QED) is 0.537. The number of hydrogen-bond donors (Lipinski definition) is 0. The molecule has 4 rings (SSSR count). The number of aliphatic imine (C=N–C) groups is 2. The zero-order valence-corrected chi connectivity index (χ0v) is 18.6. The Morgan fingerprint density at radius 1 is 0.720 bits per heavy atom. The van der Waals surface area contributed by atoms with Crippen molar-refractivity contribution in [3.8, 4) is 0 Å². The monoisotopic (exact) mass is 450 g/mol. The third-order valence-electron chi connectivity index (χ3n) is 3.84. The number of hydrogen-bond acceptors (Lipinski definition) is 2. The van der Waals surface area contributed by atoms with Crippen LogP contribution in [0.15, 0.2) is 81.1 Å². The largest absolute Gasteiger partial charge is 2.00 e. The van der Waals surface area contributed by atoms with Crippen LogP contribution < -0.4 is 24.8 Å². The molecular formula is C20H22Cl2N2Zr. The molecule has 0 radical (unpaired) electrons. The van der Waals surface area contributed by atoms with Crippen molar-refractivity contribution in [2.24, 2.45) is 9.98 Å². The summed E-state index contributed by atoms with van der Waals surface area (Å²) < 4.78 is 0. The Hall–Kier alpha value is -0.757. The van der Waals surface area contributed by atoms with Gasteiger partial charge in [0, 0.05) is 22.6 Å². The molecule has 0 saturated carbocycles. The maximum absolute atomic E-state index is 4.46. The molecule has 2 aliphatic carbocycles. The van der Waals surface area contributed by atoms with Crippen molar-refractivity contribution in [2.45, 2.75) is 39.5 Å². The molecule has 0 aromatic heterocycles. The van der Waals surface area contributed by atoms with E-state index in [0.29, 0.717) is 0 Å². The van der Waals surface area contributed by atoms with E-state index in [-0.39, 0.29) is 51.0 Å². The Bertz CT molecular complexity index is 658. The third kappa shape index (κ3) is 6.17. The van der Waals surface area contributed by atoms with Crippen LogP contribution in [0.1, 0.15) is 39.5 Å².